The molecule has 0 aliphatic carbocycles. The zero-order valence-electron chi connectivity index (χ0n) is 11.8. The minimum absolute atomic E-state index is 0.591. The maximum atomic E-state index is 11.3. The molecule has 1 unspecified atom stereocenters. The van der Waals surface area contributed by atoms with Gasteiger partial charge in [-0.3, -0.25) is 4.79 Å². The Morgan fingerprint density at radius 3 is 2.30 bits per heavy atom. The molecule has 2 aromatic rings. The molecule has 0 aromatic heterocycles. The Morgan fingerprint density at radius 2 is 1.75 bits per heavy atom. The second-order valence-corrected chi connectivity index (χ2v) is 5.33. The molecular formula is C16H18O4. The van der Waals surface area contributed by atoms with Crippen LogP contribution in [0.1, 0.15) is 25.5 Å². The summed E-state index contributed by atoms with van der Waals surface area (Å²) < 4.78 is 5.30. The topological polar surface area (TPSA) is 66.8 Å². The Kier molecular flexibility index (Phi) is 3.68. The van der Waals surface area contributed by atoms with Crippen molar-refractivity contribution in [1.29, 1.82) is 0 Å². The lowest BCUT2D eigenvalue weighted by atomic mass is 9.81. The van der Waals surface area contributed by atoms with E-state index in [9.17, 15) is 15.0 Å². The number of benzene rings is 2. The summed E-state index contributed by atoms with van der Waals surface area (Å²) in [5.41, 5.74) is -0.675. The van der Waals surface area contributed by atoms with E-state index in [0.29, 0.717) is 11.3 Å². The number of aliphatic hydroxyl groups excluding tert-OH is 1. The molecule has 0 aliphatic heterocycles. The Morgan fingerprint density at radius 1 is 1.15 bits per heavy atom. The zero-order valence-corrected chi connectivity index (χ0v) is 11.8. The van der Waals surface area contributed by atoms with E-state index in [1.807, 2.05) is 24.3 Å². The van der Waals surface area contributed by atoms with E-state index in [2.05, 4.69) is 0 Å². The van der Waals surface area contributed by atoms with Crippen LogP contribution in [0.25, 0.3) is 10.8 Å². The van der Waals surface area contributed by atoms with Crippen LogP contribution in [0.5, 0.6) is 5.75 Å². The molecule has 4 nitrogen and oxygen atoms in total. The van der Waals surface area contributed by atoms with Gasteiger partial charge in [-0.15, -0.1) is 0 Å². The first kappa shape index (κ1) is 14.3. The van der Waals surface area contributed by atoms with Crippen molar-refractivity contribution in [3.8, 4) is 5.75 Å². The van der Waals surface area contributed by atoms with Gasteiger partial charge in [0, 0.05) is 5.39 Å². The van der Waals surface area contributed by atoms with Crippen molar-refractivity contribution < 1.29 is 19.7 Å². The predicted molar refractivity (Wildman–Crippen MR) is 76.9 cm³/mol. The molecule has 0 fully saturated rings. The minimum atomic E-state index is -1.27. The highest BCUT2D eigenvalue weighted by Gasteiger charge is 2.37. The van der Waals surface area contributed by atoms with Crippen LogP contribution in [0.3, 0.4) is 0 Å². The molecule has 2 aromatic carbocycles. The second-order valence-electron chi connectivity index (χ2n) is 5.33. The number of rotatable bonds is 4. The van der Waals surface area contributed by atoms with Gasteiger partial charge in [-0.1, -0.05) is 30.3 Å². The Bertz CT molecular complexity index is 646. The maximum absolute atomic E-state index is 11.3. The van der Waals surface area contributed by atoms with Gasteiger partial charge in [-0.05, 0) is 30.9 Å². The number of carboxylic acid groups (broad SMARTS) is 1. The summed E-state index contributed by atoms with van der Waals surface area (Å²) in [6, 6.07) is 10.9. The van der Waals surface area contributed by atoms with Gasteiger partial charge < -0.3 is 14.9 Å². The second kappa shape index (κ2) is 5.13. The van der Waals surface area contributed by atoms with Crippen LogP contribution in [0.4, 0.5) is 0 Å². The SMILES string of the molecule is COc1ccc(C(O)C(C)(C)C(=O)O)c2ccccc12. The number of hydrogen-bond acceptors (Lipinski definition) is 3. The Labute approximate surface area is 117 Å². The standard InChI is InChI=1S/C16H18O4/c1-16(2,15(18)19)14(17)12-8-9-13(20-3)11-7-5-4-6-10(11)12/h4-9,14,17H,1-3H3,(H,18,19). The minimum Gasteiger partial charge on any atom is -0.496 e. The first-order chi connectivity index (χ1) is 9.39. The molecule has 2 N–H and O–H groups in total. The van der Waals surface area contributed by atoms with Gasteiger partial charge in [0.05, 0.1) is 18.6 Å². The molecule has 0 saturated carbocycles. The van der Waals surface area contributed by atoms with Crippen LogP contribution >= 0.6 is 0 Å². The third kappa shape index (κ3) is 2.23. The maximum Gasteiger partial charge on any atom is 0.312 e. The third-order valence-corrected chi connectivity index (χ3v) is 3.67. The molecule has 1 atom stereocenters. The highest BCUT2D eigenvalue weighted by molar-refractivity contribution is 5.92. The van der Waals surface area contributed by atoms with E-state index in [4.69, 9.17) is 4.74 Å². The van der Waals surface area contributed by atoms with Gasteiger partial charge in [0.2, 0.25) is 0 Å². The van der Waals surface area contributed by atoms with Crippen molar-refractivity contribution in [2.24, 2.45) is 5.41 Å². The number of ether oxygens (including phenoxy) is 1. The number of hydrogen-bond donors (Lipinski definition) is 2. The number of carboxylic acids is 1. The molecular weight excluding hydrogens is 256 g/mol. The van der Waals surface area contributed by atoms with Crippen molar-refractivity contribution in [2.45, 2.75) is 20.0 Å². The number of aliphatic hydroxyl groups is 1. The van der Waals surface area contributed by atoms with E-state index in [0.717, 1.165) is 10.8 Å². The quantitative estimate of drug-likeness (QED) is 0.899. The Balaban J connectivity index is 2.64. The first-order valence-corrected chi connectivity index (χ1v) is 6.36. The van der Waals surface area contributed by atoms with E-state index in [1.165, 1.54) is 13.8 Å². The smallest absolute Gasteiger partial charge is 0.312 e. The van der Waals surface area contributed by atoms with Gasteiger partial charge in [-0.25, -0.2) is 0 Å². The van der Waals surface area contributed by atoms with Crippen LogP contribution in [0.2, 0.25) is 0 Å². The molecule has 0 saturated heterocycles. The molecule has 2 rings (SSSR count). The van der Waals surface area contributed by atoms with Crippen LogP contribution in [-0.4, -0.2) is 23.3 Å². The third-order valence-electron chi connectivity index (χ3n) is 3.67. The summed E-state index contributed by atoms with van der Waals surface area (Å²) >= 11 is 0. The summed E-state index contributed by atoms with van der Waals surface area (Å²) in [5.74, 6) is -0.338. The van der Waals surface area contributed by atoms with Gasteiger partial charge in [0.1, 0.15) is 5.75 Å². The number of aliphatic carboxylic acids is 1. The summed E-state index contributed by atoms with van der Waals surface area (Å²) in [4.78, 5) is 11.3. The number of carbonyl (C=O) groups is 1. The van der Waals surface area contributed by atoms with Crippen molar-refractivity contribution in [1.82, 2.24) is 0 Å². The first-order valence-electron chi connectivity index (χ1n) is 6.36. The van der Waals surface area contributed by atoms with Gasteiger partial charge >= 0.3 is 5.97 Å². The average molecular weight is 274 g/mol. The van der Waals surface area contributed by atoms with Crippen LogP contribution in [0.15, 0.2) is 36.4 Å². The Hall–Kier alpha value is -2.07. The largest absolute Gasteiger partial charge is 0.496 e. The van der Waals surface area contributed by atoms with Gasteiger partial charge in [0.25, 0.3) is 0 Å². The molecule has 0 bridgehead atoms. The molecule has 106 valence electrons. The number of methoxy groups -OCH3 is 1. The molecule has 0 spiro atoms. The van der Waals surface area contributed by atoms with E-state index in [1.54, 1.807) is 19.2 Å². The molecule has 20 heavy (non-hydrogen) atoms. The summed E-state index contributed by atoms with van der Waals surface area (Å²) in [6.07, 6.45) is -1.10. The fraction of sp³-hybridized carbons (Fsp3) is 0.312. The van der Waals surface area contributed by atoms with Crippen LogP contribution < -0.4 is 4.74 Å². The average Bonchev–Trinajstić information content (AvgIpc) is 2.45. The highest BCUT2D eigenvalue weighted by Crippen LogP contribution is 2.39. The van der Waals surface area contributed by atoms with Crippen molar-refractivity contribution in [3.05, 3.63) is 42.0 Å². The van der Waals surface area contributed by atoms with Crippen LogP contribution in [0, 0.1) is 5.41 Å². The summed E-state index contributed by atoms with van der Waals surface area (Å²) in [7, 11) is 1.58. The summed E-state index contributed by atoms with van der Waals surface area (Å²) in [6.45, 7) is 3.03. The molecule has 0 amide bonds. The van der Waals surface area contributed by atoms with E-state index < -0.39 is 17.5 Å². The van der Waals surface area contributed by atoms with Crippen molar-refractivity contribution in [2.75, 3.05) is 7.11 Å². The van der Waals surface area contributed by atoms with E-state index in [-0.39, 0.29) is 0 Å². The molecule has 0 heterocycles. The van der Waals surface area contributed by atoms with Gasteiger partial charge in [-0.2, -0.15) is 0 Å². The highest BCUT2D eigenvalue weighted by atomic mass is 16.5. The number of fused-ring (bicyclic) bond motifs is 1. The van der Waals surface area contributed by atoms with Crippen molar-refractivity contribution >= 4 is 16.7 Å². The lowest BCUT2D eigenvalue weighted by molar-refractivity contribution is -0.153. The normalized spacial score (nSPS) is 13.2. The fourth-order valence-electron chi connectivity index (χ4n) is 2.22. The lowest BCUT2D eigenvalue weighted by Crippen LogP contribution is -2.31. The fourth-order valence-corrected chi connectivity index (χ4v) is 2.22. The van der Waals surface area contributed by atoms with Crippen molar-refractivity contribution in [3.63, 3.8) is 0 Å². The lowest BCUT2D eigenvalue weighted by Gasteiger charge is -2.27. The molecule has 0 aliphatic rings. The molecule has 4 heteroatoms. The van der Waals surface area contributed by atoms with Crippen LogP contribution in [-0.2, 0) is 4.79 Å². The predicted octanol–water partition coefficient (Wildman–Crippen LogP) is 2.99. The zero-order chi connectivity index (χ0) is 14.9. The molecule has 0 radical (unpaired) electrons. The summed E-state index contributed by atoms with van der Waals surface area (Å²) in [5, 5.41) is 21.4. The monoisotopic (exact) mass is 274 g/mol. The van der Waals surface area contributed by atoms with Gasteiger partial charge in [0.15, 0.2) is 0 Å². The van der Waals surface area contributed by atoms with E-state index >= 15 is 0 Å².